The SMILES string of the molecule is COc1ccc(C[C@@H](C)NN2CCOCC2)cc1. The summed E-state index contributed by atoms with van der Waals surface area (Å²) in [4.78, 5) is 0. The van der Waals surface area contributed by atoms with Crippen molar-refractivity contribution in [2.24, 2.45) is 0 Å². The number of hydrogen-bond donors (Lipinski definition) is 1. The lowest BCUT2D eigenvalue weighted by Crippen LogP contribution is -2.49. The van der Waals surface area contributed by atoms with Gasteiger partial charge in [0.15, 0.2) is 0 Å². The average Bonchev–Trinajstić information content (AvgIpc) is 2.40. The molecule has 1 aromatic rings. The molecule has 4 heteroatoms. The van der Waals surface area contributed by atoms with Gasteiger partial charge in [0.05, 0.1) is 20.3 Å². The van der Waals surface area contributed by atoms with Crippen molar-refractivity contribution < 1.29 is 9.47 Å². The lowest BCUT2D eigenvalue weighted by molar-refractivity contribution is 0.00511. The van der Waals surface area contributed by atoms with E-state index in [1.165, 1.54) is 5.56 Å². The van der Waals surface area contributed by atoms with Crippen LogP contribution < -0.4 is 10.2 Å². The van der Waals surface area contributed by atoms with Gasteiger partial charge in [0.25, 0.3) is 0 Å². The van der Waals surface area contributed by atoms with Crippen LogP contribution in [0.1, 0.15) is 12.5 Å². The third-order valence-corrected chi connectivity index (χ3v) is 3.11. The van der Waals surface area contributed by atoms with E-state index in [0.29, 0.717) is 6.04 Å². The highest BCUT2D eigenvalue weighted by Gasteiger charge is 2.12. The second kappa shape index (κ2) is 6.73. The largest absolute Gasteiger partial charge is 0.497 e. The summed E-state index contributed by atoms with van der Waals surface area (Å²) >= 11 is 0. The van der Waals surface area contributed by atoms with Crippen LogP contribution in [0, 0.1) is 0 Å². The van der Waals surface area contributed by atoms with Gasteiger partial charge in [-0.2, -0.15) is 0 Å². The topological polar surface area (TPSA) is 33.7 Å². The van der Waals surface area contributed by atoms with E-state index in [9.17, 15) is 0 Å². The van der Waals surface area contributed by atoms with E-state index in [2.05, 4.69) is 29.5 Å². The third-order valence-electron chi connectivity index (χ3n) is 3.11. The normalized spacial score (nSPS) is 18.6. The van der Waals surface area contributed by atoms with Gasteiger partial charge in [-0.15, -0.1) is 0 Å². The second-order valence-electron chi connectivity index (χ2n) is 4.68. The molecule has 0 unspecified atom stereocenters. The van der Waals surface area contributed by atoms with Crippen molar-refractivity contribution in [2.75, 3.05) is 33.4 Å². The third kappa shape index (κ3) is 3.98. The Morgan fingerprint density at radius 1 is 1.28 bits per heavy atom. The van der Waals surface area contributed by atoms with Crippen LogP contribution in [0.25, 0.3) is 0 Å². The van der Waals surface area contributed by atoms with Gasteiger partial charge in [-0.05, 0) is 31.0 Å². The average molecular weight is 250 g/mol. The van der Waals surface area contributed by atoms with E-state index in [1.807, 2.05) is 12.1 Å². The molecule has 0 amide bonds. The highest BCUT2D eigenvalue weighted by Crippen LogP contribution is 2.12. The first kappa shape index (κ1) is 13.3. The van der Waals surface area contributed by atoms with Crippen molar-refractivity contribution >= 4 is 0 Å². The Balaban J connectivity index is 1.80. The molecule has 0 radical (unpaired) electrons. The molecule has 1 aliphatic rings. The van der Waals surface area contributed by atoms with Gasteiger partial charge in [0.2, 0.25) is 0 Å². The lowest BCUT2D eigenvalue weighted by atomic mass is 10.1. The summed E-state index contributed by atoms with van der Waals surface area (Å²) in [6, 6.07) is 8.69. The van der Waals surface area contributed by atoms with E-state index in [0.717, 1.165) is 38.5 Å². The number of ether oxygens (including phenoxy) is 2. The molecule has 0 aromatic heterocycles. The van der Waals surface area contributed by atoms with E-state index in [4.69, 9.17) is 9.47 Å². The molecule has 1 fully saturated rings. The van der Waals surface area contributed by atoms with E-state index in [1.54, 1.807) is 7.11 Å². The molecule has 4 nitrogen and oxygen atoms in total. The number of morpholine rings is 1. The van der Waals surface area contributed by atoms with E-state index >= 15 is 0 Å². The van der Waals surface area contributed by atoms with Crippen LogP contribution >= 0.6 is 0 Å². The van der Waals surface area contributed by atoms with Crippen LogP contribution in [0.5, 0.6) is 5.75 Å². The standard InChI is InChI=1S/C14H22N2O2/c1-12(15-16-7-9-18-10-8-16)11-13-3-5-14(17-2)6-4-13/h3-6,12,15H,7-11H2,1-2H3/t12-/m1/s1. The highest BCUT2D eigenvalue weighted by molar-refractivity contribution is 5.27. The Morgan fingerprint density at radius 2 is 1.94 bits per heavy atom. The summed E-state index contributed by atoms with van der Waals surface area (Å²) in [5.41, 5.74) is 4.84. The van der Waals surface area contributed by atoms with Gasteiger partial charge in [0, 0.05) is 19.1 Å². The number of rotatable bonds is 5. The van der Waals surface area contributed by atoms with Crippen molar-refractivity contribution in [3.05, 3.63) is 29.8 Å². The lowest BCUT2D eigenvalue weighted by Gasteiger charge is -2.30. The zero-order valence-corrected chi connectivity index (χ0v) is 11.2. The van der Waals surface area contributed by atoms with Crippen LogP contribution in [-0.4, -0.2) is 44.5 Å². The first-order valence-electron chi connectivity index (χ1n) is 6.49. The van der Waals surface area contributed by atoms with E-state index < -0.39 is 0 Å². The first-order valence-corrected chi connectivity index (χ1v) is 6.49. The fourth-order valence-corrected chi connectivity index (χ4v) is 2.16. The summed E-state index contributed by atoms with van der Waals surface area (Å²) in [6.07, 6.45) is 1.02. The van der Waals surface area contributed by atoms with Gasteiger partial charge >= 0.3 is 0 Å². The Kier molecular flexibility index (Phi) is 4.99. The second-order valence-corrected chi connectivity index (χ2v) is 4.68. The van der Waals surface area contributed by atoms with E-state index in [-0.39, 0.29) is 0 Å². The van der Waals surface area contributed by atoms with Crippen LogP contribution in [0.2, 0.25) is 0 Å². The maximum absolute atomic E-state index is 5.33. The van der Waals surface area contributed by atoms with Crippen molar-refractivity contribution in [1.82, 2.24) is 10.4 Å². The molecule has 0 bridgehead atoms. The number of hydrazine groups is 1. The molecule has 0 spiro atoms. The number of nitrogens with zero attached hydrogens (tertiary/aromatic N) is 1. The van der Waals surface area contributed by atoms with Gasteiger partial charge in [-0.1, -0.05) is 12.1 Å². The molecule has 1 atom stereocenters. The zero-order chi connectivity index (χ0) is 12.8. The highest BCUT2D eigenvalue weighted by atomic mass is 16.5. The predicted octanol–water partition coefficient (Wildman–Crippen LogP) is 1.46. The van der Waals surface area contributed by atoms with Gasteiger partial charge in [-0.25, -0.2) is 5.01 Å². The fourth-order valence-electron chi connectivity index (χ4n) is 2.16. The van der Waals surface area contributed by atoms with Crippen molar-refractivity contribution in [2.45, 2.75) is 19.4 Å². The van der Waals surface area contributed by atoms with Gasteiger partial charge < -0.3 is 9.47 Å². The molecule has 0 saturated carbocycles. The zero-order valence-electron chi connectivity index (χ0n) is 11.2. The summed E-state index contributed by atoms with van der Waals surface area (Å²) in [6.45, 7) is 5.78. The molecule has 1 aliphatic heterocycles. The summed E-state index contributed by atoms with van der Waals surface area (Å²) in [7, 11) is 1.69. The maximum Gasteiger partial charge on any atom is 0.118 e. The van der Waals surface area contributed by atoms with Gasteiger partial charge in [0.1, 0.15) is 5.75 Å². The Morgan fingerprint density at radius 3 is 2.56 bits per heavy atom. The molecule has 1 saturated heterocycles. The molecule has 100 valence electrons. The minimum absolute atomic E-state index is 0.427. The fraction of sp³-hybridized carbons (Fsp3) is 0.571. The Hall–Kier alpha value is -1.10. The summed E-state index contributed by atoms with van der Waals surface area (Å²) < 4.78 is 10.5. The van der Waals surface area contributed by atoms with Crippen LogP contribution in [-0.2, 0) is 11.2 Å². The maximum atomic E-state index is 5.33. The number of nitrogens with one attached hydrogen (secondary N) is 1. The smallest absolute Gasteiger partial charge is 0.118 e. The number of benzene rings is 1. The molecule has 2 rings (SSSR count). The minimum atomic E-state index is 0.427. The molecule has 0 aliphatic carbocycles. The van der Waals surface area contributed by atoms with Crippen molar-refractivity contribution in [1.29, 1.82) is 0 Å². The molecular weight excluding hydrogens is 228 g/mol. The quantitative estimate of drug-likeness (QED) is 0.858. The van der Waals surface area contributed by atoms with Crippen molar-refractivity contribution in [3.63, 3.8) is 0 Å². The van der Waals surface area contributed by atoms with Crippen LogP contribution in [0.4, 0.5) is 0 Å². The summed E-state index contributed by atoms with van der Waals surface area (Å²) in [5, 5.41) is 2.25. The Labute approximate surface area is 109 Å². The molecule has 1 aromatic carbocycles. The molecule has 1 heterocycles. The van der Waals surface area contributed by atoms with Crippen LogP contribution in [0.15, 0.2) is 24.3 Å². The first-order chi connectivity index (χ1) is 8.78. The number of methoxy groups -OCH3 is 1. The van der Waals surface area contributed by atoms with Gasteiger partial charge in [-0.3, -0.25) is 5.43 Å². The molecule has 18 heavy (non-hydrogen) atoms. The summed E-state index contributed by atoms with van der Waals surface area (Å²) in [5.74, 6) is 0.910. The predicted molar refractivity (Wildman–Crippen MR) is 71.7 cm³/mol. The minimum Gasteiger partial charge on any atom is -0.497 e. The Bertz CT molecular complexity index is 347. The number of hydrogen-bond acceptors (Lipinski definition) is 4. The monoisotopic (exact) mass is 250 g/mol. The molecular formula is C14H22N2O2. The van der Waals surface area contributed by atoms with Crippen LogP contribution in [0.3, 0.4) is 0 Å². The van der Waals surface area contributed by atoms with Crippen molar-refractivity contribution in [3.8, 4) is 5.75 Å². The molecule has 1 N–H and O–H groups in total.